The summed E-state index contributed by atoms with van der Waals surface area (Å²) in [7, 11) is 2.69. The SMILES string of the molecule is COC(=O)C1CC(=O)N(c2cc(C(=O)O)ccc2OC)C1. The summed E-state index contributed by atoms with van der Waals surface area (Å²) >= 11 is 0. The van der Waals surface area contributed by atoms with Crippen LogP contribution >= 0.6 is 0 Å². The number of carboxylic acid groups (broad SMARTS) is 1. The summed E-state index contributed by atoms with van der Waals surface area (Å²) in [6.45, 7) is 0.144. The second-order valence-corrected chi connectivity index (χ2v) is 4.62. The number of amides is 1. The van der Waals surface area contributed by atoms with E-state index in [1.165, 1.54) is 37.3 Å². The summed E-state index contributed by atoms with van der Waals surface area (Å²) in [5.74, 6) is -2.01. The Morgan fingerprint density at radius 1 is 1.33 bits per heavy atom. The summed E-state index contributed by atoms with van der Waals surface area (Å²) < 4.78 is 9.80. The standard InChI is InChI=1S/C14H15NO6/c1-20-11-4-3-8(13(17)18)5-10(11)15-7-9(6-12(15)16)14(19)21-2/h3-5,9H,6-7H2,1-2H3,(H,17,18). The zero-order valence-corrected chi connectivity index (χ0v) is 11.7. The van der Waals surface area contributed by atoms with Crippen LogP contribution in [0.25, 0.3) is 0 Å². The number of carbonyl (C=O) groups is 3. The second kappa shape index (κ2) is 5.82. The van der Waals surface area contributed by atoms with Crippen molar-refractivity contribution in [3.63, 3.8) is 0 Å². The van der Waals surface area contributed by atoms with Crippen molar-refractivity contribution in [3.8, 4) is 5.75 Å². The Kier molecular flexibility index (Phi) is 4.11. The fourth-order valence-corrected chi connectivity index (χ4v) is 2.30. The molecular weight excluding hydrogens is 278 g/mol. The summed E-state index contributed by atoms with van der Waals surface area (Å²) in [5, 5.41) is 9.04. The third-order valence-electron chi connectivity index (χ3n) is 3.38. The van der Waals surface area contributed by atoms with Gasteiger partial charge in [0.1, 0.15) is 5.75 Å². The molecule has 21 heavy (non-hydrogen) atoms. The molecule has 1 saturated heterocycles. The molecule has 1 atom stereocenters. The fourth-order valence-electron chi connectivity index (χ4n) is 2.30. The largest absolute Gasteiger partial charge is 0.495 e. The van der Waals surface area contributed by atoms with E-state index in [0.717, 1.165) is 0 Å². The fraction of sp³-hybridized carbons (Fsp3) is 0.357. The predicted molar refractivity (Wildman–Crippen MR) is 72.4 cm³/mol. The number of benzene rings is 1. The Hall–Kier alpha value is -2.57. The predicted octanol–water partition coefficient (Wildman–Crippen LogP) is 0.919. The van der Waals surface area contributed by atoms with Gasteiger partial charge in [0.05, 0.1) is 31.4 Å². The molecule has 1 unspecified atom stereocenters. The monoisotopic (exact) mass is 293 g/mol. The van der Waals surface area contributed by atoms with Crippen molar-refractivity contribution in [2.75, 3.05) is 25.7 Å². The van der Waals surface area contributed by atoms with Crippen LogP contribution in [0.2, 0.25) is 0 Å². The van der Waals surface area contributed by atoms with Gasteiger partial charge in [-0.3, -0.25) is 9.59 Å². The molecule has 0 radical (unpaired) electrons. The maximum atomic E-state index is 12.1. The number of methoxy groups -OCH3 is 2. The topological polar surface area (TPSA) is 93.1 Å². The van der Waals surface area contributed by atoms with E-state index in [0.29, 0.717) is 11.4 Å². The molecule has 1 aromatic rings. The lowest BCUT2D eigenvalue weighted by molar-refractivity contribution is -0.145. The van der Waals surface area contributed by atoms with Gasteiger partial charge in [-0.05, 0) is 18.2 Å². The molecule has 1 heterocycles. The first-order chi connectivity index (χ1) is 9.97. The van der Waals surface area contributed by atoms with E-state index in [-0.39, 0.29) is 24.4 Å². The molecule has 0 aromatic heterocycles. The molecule has 0 spiro atoms. The van der Waals surface area contributed by atoms with E-state index in [1.807, 2.05) is 0 Å². The van der Waals surface area contributed by atoms with Crippen molar-refractivity contribution in [3.05, 3.63) is 23.8 Å². The maximum Gasteiger partial charge on any atom is 0.335 e. The van der Waals surface area contributed by atoms with Gasteiger partial charge in [0, 0.05) is 13.0 Å². The van der Waals surface area contributed by atoms with Crippen LogP contribution in [0.1, 0.15) is 16.8 Å². The number of rotatable bonds is 4. The van der Waals surface area contributed by atoms with Crippen LogP contribution in [-0.2, 0) is 14.3 Å². The first-order valence-electron chi connectivity index (χ1n) is 6.27. The number of aromatic carboxylic acids is 1. The van der Waals surface area contributed by atoms with E-state index in [4.69, 9.17) is 9.84 Å². The quantitative estimate of drug-likeness (QED) is 0.830. The summed E-state index contributed by atoms with van der Waals surface area (Å²) in [4.78, 5) is 36.0. The van der Waals surface area contributed by atoms with E-state index >= 15 is 0 Å². The molecule has 7 heteroatoms. The molecule has 1 aliphatic heterocycles. The third-order valence-corrected chi connectivity index (χ3v) is 3.38. The highest BCUT2D eigenvalue weighted by atomic mass is 16.5. The maximum absolute atomic E-state index is 12.1. The third kappa shape index (κ3) is 2.81. The molecular formula is C14H15NO6. The number of nitrogens with zero attached hydrogens (tertiary/aromatic N) is 1. The normalized spacial score (nSPS) is 17.7. The van der Waals surface area contributed by atoms with Crippen molar-refractivity contribution >= 4 is 23.5 Å². The van der Waals surface area contributed by atoms with Crippen molar-refractivity contribution in [2.45, 2.75) is 6.42 Å². The van der Waals surface area contributed by atoms with Gasteiger partial charge in [0.2, 0.25) is 5.91 Å². The average Bonchev–Trinajstić information content (AvgIpc) is 2.87. The van der Waals surface area contributed by atoms with E-state index in [9.17, 15) is 14.4 Å². The minimum atomic E-state index is -1.10. The number of hydrogen-bond acceptors (Lipinski definition) is 5. The van der Waals surface area contributed by atoms with Crippen LogP contribution in [0, 0.1) is 5.92 Å². The molecule has 1 N–H and O–H groups in total. The van der Waals surface area contributed by atoms with Crippen LogP contribution in [-0.4, -0.2) is 43.7 Å². The molecule has 112 valence electrons. The molecule has 1 amide bonds. The number of carbonyl (C=O) groups excluding carboxylic acids is 2. The minimum absolute atomic E-state index is 0.0348. The Labute approximate surface area is 121 Å². The molecule has 0 aliphatic carbocycles. The van der Waals surface area contributed by atoms with Gasteiger partial charge in [0.15, 0.2) is 0 Å². The van der Waals surface area contributed by atoms with Crippen molar-refractivity contribution in [1.82, 2.24) is 0 Å². The molecule has 0 saturated carbocycles. The molecule has 0 bridgehead atoms. The lowest BCUT2D eigenvalue weighted by Gasteiger charge is -2.19. The van der Waals surface area contributed by atoms with E-state index in [2.05, 4.69) is 4.74 Å². The number of ether oxygens (including phenoxy) is 2. The van der Waals surface area contributed by atoms with E-state index in [1.54, 1.807) is 0 Å². The minimum Gasteiger partial charge on any atom is -0.495 e. The number of anilines is 1. The average molecular weight is 293 g/mol. The summed E-state index contributed by atoms with van der Waals surface area (Å²) in [6.07, 6.45) is 0.0348. The Morgan fingerprint density at radius 3 is 2.62 bits per heavy atom. The van der Waals surface area contributed by atoms with E-state index < -0.39 is 17.9 Å². The molecule has 7 nitrogen and oxygen atoms in total. The smallest absolute Gasteiger partial charge is 0.335 e. The van der Waals surface area contributed by atoms with Crippen molar-refractivity contribution < 1.29 is 29.0 Å². The Bertz CT molecular complexity index is 597. The van der Waals surface area contributed by atoms with Gasteiger partial charge in [-0.2, -0.15) is 0 Å². The number of hydrogen-bond donors (Lipinski definition) is 1. The molecule has 2 rings (SSSR count). The second-order valence-electron chi connectivity index (χ2n) is 4.62. The lowest BCUT2D eigenvalue weighted by atomic mass is 10.1. The van der Waals surface area contributed by atoms with Gasteiger partial charge in [0.25, 0.3) is 0 Å². The summed E-state index contributed by atoms with van der Waals surface area (Å²) in [5.41, 5.74) is 0.383. The van der Waals surface area contributed by atoms with Crippen LogP contribution in [0.5, 0.6) is 5.75 Å². The first-order valence-corrected chi connectivity index (χ1v) is 6.27. The molecule has 1 aliphatic rings. The lowest BCUT2D eigenvalue weighted by Crippen LogP contribution is -2.26. The highest BCUT2D eigenvalue weighted by Crippen LogP contribution is 2.34. The molecule has 1 aromatic carbocycles. The van der Waals surface area contributed by atoms with Gasteiger partial charge >= 0.3 is 11.9 Å². The van der Waals surface area contributed by atoms with Gasteiger partial charge in [-0.25, -0.2) is 4.79 Å². The number of esters is 1. The Morgan fingerprint density at radius 2 is 2.05 bits per heavy atom. The van der Waals surface area contributed by atoms with Crippen LogP contribution in [0.15, 0.2) is 18.2 Å². The highest BCUT2D eigenvalue weighted by Gasteiger charge is 2.37. The highest BCUT2D eigenvalue weighted by molar-refractivity contribution is 6.01. The van der Waals surface area contributed by atoms with Gasteiger partial charge in [-0.15, -0.1) is 0 Å². The zero-order chi connectivity index (χ0) is 15.6. The van der Waals surface area contributed by atoms with Gasteiger partial charge in [-0.1, -0.05) is 0 Å². The van der Waals surface area contributed by atoms with Gasteiger partial charge < -0.3 is 19.5 Å². The number of carboxylic acids is 1. The molecule has 1 fully saturated rings. The van der Waals surface area contributed by atoms with Crippen LogP contribution in [0.4, 0.5) is 5.69 Å². The first kappa shape index (κ1) is 14.8. The zero-order valence-electron chi connectivity index (χ0n) is 11.7. The van der Waals surface area contributed by atoms with Crippen LogP contribution in [0.3, 0.4) is 0 Å². The van der Waals surface area contributed by atoms with Crippen molar-refractivity contribution in [1.29, 1.82) is 0 Å². The Balaban J connectivity index is 2.36. The van der Waals surface area contributed by atoms with Crippen LogP contribution < -0.4 is 9.64 Å². The summed E-state index contributed by atoms with van der Waals surface area (Å²) in [6, 6.07) is 4.24. The van der Waals surface area contributed by atoms with Crippen molar-refractivity contribution in [2.24, 2.45) is 5.92 Å².